The molecule has 12 heavy (non-hydrogen) atoms. The average molecular weight is 169 g/mol. The molecule has 2 heteroatoms. The molecular formula is C10H19NO. The molecular weight excluding hydrogens is 150 g/mol. The van der Waals surface area contributed by atoms with Crippen LogP contribution in [0.4, 0.5) is 0 Å². The Bertz CT molecular complexity index is 179. The first-order valence-corrected chi connectivity index (χ1v) is 4.73. The second-order valence-corrected chi connectivity index (χ2v) is 4.26. The van der Waals surface area contributed by atoms with E-state index >= 15 is 0 Å². The van der Waals surface area contributed by atoms with Gasteiger partial charge in [-0.15, -0.1) is 0 Å². The molecule has 1 rings (SSSR count). The summed E-state index contributed by atoms with van der Waals surface area (Å²) in [6.07, 6.45) is 2.61. The Morgan fingerprint density at radius 3 is 2.50 bits per heavy atom. The van der Waals surface area contributed by atoms with Crippen molar-refractivity contribution in [3.63, 3.8) is 0 Å². The van der Waals surface area contributed by atoms with Gasteiger partial charge in [0.15, 0.2) is 0 Å². The van der Waals surface area contributed by atoms with Gasteiger partial charge in [-0.3, -0.25) is 4.99 Å². The first-order chi connectivity index (χ1) is 5.53. The molecule has 0 amide bonds. The molecule has 1 saturated carbocycles. The highest BCUT2D eigenvalue weighted by Gasteiger charge is 2.27. The van der Waals surface area contributed by atoms with E-state index in [1.54, 1.807) is 0 Å². The molecule has 1 aliphatic carbocycles. The van der Waals surface area contributed by atoms with Gasteiger partial charge in [-0.25, -0.2) is 0 Å². The lowest BCUT2D eigenvalue weighted by molar-refractivity contribution is 0.0851. The van der Waals surface area contributed by atoms with Crippen molar-refractivity contribution in [2.45, 2.75) is 52.2 Å². The molecule has 1 aliphatic rings. The van der Waals surface area contributed by atoms with Crippen molar-refractivity contribution >= 4 is 5.71 Å². The summed E-state index contributed by atoms with van der Waals surface area (Å²) in [6, 6.07) is 0. The maximum atomic E-state index is 5.51. The molecule has 0 bridgehead atoms. The Labute approximate surface area is 75.0 Å². The van der Waals surface area contributed by atoms with Crippen LogP contribution in [-0.4, -0.2) is 24.0 Å². The lowest BCUT2D eigenvalue weighted by atomic mass is 9.91. The molecule has 0 spiro atoms. The zero-order chi connectivity index (χ0) is 9.19. The third kappa shape index (κ3) is 2.59. The normalized spacial score (nSPS) is 27.3. The Balaban J connectivity index is 2.48. The highest BCUT2D eigenvalue weighted by Crippen LogP contribution is 2.23. The summed E-state index contributed by atoms with van der Waals surface area (Å²) < 4.78 is 5.51. The van der Waals surface area contributed by atoms with Crippen molar-refractivity contribution < 1.29 is 4.74 Å². The van der Waals surface area contributed by atoms with E-state index in [4.69, 9.17) is 4.74 Å². The summed E-state index contributed by atoms with van der Waals surface area (Å²) in [4.78, 5) is 4.61. The number of aliphatic imine (C=N–C) groups is 1. The van der Waals surface area contributed by atoms with Crippen molar-refractivity contribution in [3.05, 3.63) is 0 Å². The van der Waals surface area contributed by atoms with Gasteiger partial charge in [-0.1, -0.05) is 0 Å². The first-order valence-electron chi connectivity index (χ1n) is 4.73. The molecule has 1 atom stereocenters. The number of hydrogen-bond acceptors (Lipinski definition) is 2. The van der Waals surface area contributed by atoms with Gasteiger partial charge >= 0.3 is 0 Å². The van der Waals surface area contributed by atoms with Gasteiger partial charge in [-0.2, -0.15) is 0 Å². The molecule has 0 aromatic carbocycles. The second-order valence-electron chi connectivity index (χ2n) is 4.26. The molecule has 70 valence electrons. The summed E-state index contributed by atoms with van der Waals surface area (Å²) in [5.74, 6) is 0. The predicted molar refractivity (Wildman–Crippen MR) is 51.8 cm³/mol. The van der Waals surface area contributed by atoms with E-state index in [2.05, 4.69) is 25.8 Å². The van der Waals surface area contributed by atoms with Crippen molar-refractivity contribution in [1.29, 1.82) is 0 Å². The average Bonchev–Trinajstić information content (AvgIpc) is 1.92. The minimum atomic E-state index is 0.0606. The summed E-state index contributed by atoms with van der Waals surface area (Å²) >= 11 is 0. The minimum absolute atomic E-state index is 0.0606. The van der Waals surface area contributed by atoms with Gasteiger partial charge in [0.1, 0.15) is 0 Å². The minimum Gasteiger partial charge on any atom is -0.373 e. The fourth-order valence-electron chi connectivity index (χ4n) is 1.33. The third-order valence-electron chi connectivity index (χ3n) is 1.88. The monoisotopic (exact) mass is 169 g/mol. The molecule has 2 nitrogen and oxygen atoms in total. The van der Waals surface area contributed by atoms with Crippen LogP contribution in [0.1, 0.15) is 40.5 Å². The molecule has 1 fully saturated rings. The van der Waals surface area contributed by atoms with Crippen LogP contribution in [-0.2, 0) is 4.74 Å². The molecule has 0 aromatic rings. The van der Waals surface area contributed by atoms with Gasteiger partial charge in [0.25, 0.3) is 0 Å². The number of rotatable bonds is 2. The smallest absolute Gasteiger partial charge is 0.0955 e. The zero-order valence-electron chi connectivity index (χ0n) is 8.55. The molecule has 0 N–H and O–H groups in total. The number of nitrogens with zero attached hydrogens (tertiary/aromatic N) is 1. The Kier molecular flexibility index (Phi) is 2.89. The maximum Gasteiger partial charge on any atom is 0.0955 e. The lowest BCUT2D eigenvalue weighted by Crippen LogP contribution is -2.36. The van der Waals surface area contributed by atoms with Crippen molar-refractivity contribution in [2.75, 3.05) is 6.61 Å². The van der Waals surface area contributed by atoms with E-state index in [1.165, 1.54) is 5.71 Å². The van der Waals surface area contributed by atoms with Crippen LogP contribution in [0.15, 0.2) is 4.99 Å². The van der Waals surface area contributed by atoms with E-state index < -0.39 is 0 Å². The summed E-state index contributed by atoms with van der Waals surface area (Å²) in [6.45, 7) is 9.21. The fourth-order valence-corrected chi connectivity index (χ4v) is 1.33. The molecule has 0 aromatic heterocycles. The Morgan fingerprint density at radius 2 is 2.17 bits per heavy atom. The Morgan fingerprint density at radius 1 is 1.50 bits per heavy atom. The van der Waals surface area contributed by atoms with Crippen LogP contribution in [0.3, 0.4) is 0 Å². The van der Waals surface area contributed by atoms with E-state index in [1.807, 2.05) is 6.92 Å². The lowest BCUT2D eigenvalue weighted by Gasteiger charge is -2.30. The Hall–Kier alpha value is -0.370. The van der Waals surface area contributed by atoms with Gasteiger partial charge in [0.05, 0.1) is 11.6 Å². The number of hydrogen-bond donors (Lipinski definition) is 0. The highest BCUT2D eigenvalue weighted by atomic mass is 16.5. The van der Waals surface area contributed by atoms with Crippen molar-refractivity contribution in [2.24, 2.45) is 4.99 Å². The van der Waals surface area contributed by atoms with E-state index in [0.717, 1.165) is 19.4 Å². The first kappa shape index (κ1) is 9.72. The molecule has 0 saturated heterocycles. The van der Waals surface area contributed by atoms with Crippen molar-refractivity contribution in [3.8, 4) is 0 Å². The van der Waals surface area contributed by atoms with E-state index in [0.29, 0.717) is 6.10 Å². The van der Waals surface area contributed by atoms with Gasteiger partial charge in [-0.05, 0) is 40.5 Å². The zero-order valence-corrected chi connectivity index (χ0v) is 8.55. The quantitative estimate of drug-likeness (QED) is 0.622. The summed E-state index contributed by atoms with van der Waals surface area (Å²) in [5, 5.41) is 0. The molecule has 0 aliphatic heterocycles. The second kappa shape index (κ2) is 3.56. The van der Waals surface area contributed by atoms with Crippen LogP contribution >= 0.6 is 0 Å². The van der Waals surface area contributed by atoms with Crippen LogP contribution in [0.2, 0.25) is 0 Å². The van der Waals surface area contributed by atoms with Gasteiger partial charge < -0.3 is 4.74 Å². The van der Waals surface area contributed by atoms with Crippen LogP contribution < -0.4 is 0 Å². The van der Waals surface area contributed by atoms with Gasteiger partial charge in [0, 0.05) is 12.3 Å². The number of ether oxygens (including phenoxy) is 1. The summed E-state index contributed by atoms with van der Waals surface area (Å²) in [5.41, 5.74) is 1.31. The van der Waals surface area contributed by atoms with Gasteiger partial charge in [0.2, 0.25) is 0 Å². The molecule has 0 heterocycles. The van der Waals surface area contributed by atoms with Crippen LogP contribution in [0, 0.1) is 0 Å². The van der Waals surface area contributed by atoms with E-state index in [-0.39, 0.29) is 5.54 Å². The molecule has 1 unspecified atom stereocenters. The van der Waals surface area contributed by atoms with Crippen molar-refractivity contribution in [1.82, 2.24) is 0 Å². The molecule has 0 radical (unpaired) electrons. The fraction of sp³-hybridized carbons (Fsp3) is 0.900. The predicted octanol–water partition coefficient (Wildman–Crippen LogP) is 2.42. The topological polar surface area (TPSA) is 21.6 Å². The van der Waals surface area contributed by atoms with Crippen LogP contribution in [0.25, 0.3) is 0 Å². The summed E-state index contributed by atoms with van der Waals surface area (Å²) in [7, 11) is 0. The highest BCUT2D eigenvalue weighted by molar-refractivity contribution is 5.94. The third-order valence-corrected chi connectivity index (χ3v) is 1.88. The van der Waals surface area contributed by atoms with E-state index in [9.17, 15) is 0 Å². The largest absolute Gasteiger partial charge is 0.373 e. The SMILES string of the molecule is CCOC1CCC1=NC(C)(C)C. The maximum absolute atomic E-state index is 5.51. The van der Waals surface area contributed by atoms with Crippen LogP contribution in [0.5, 0.6) is 0 Å². The standard InChI is InChI=1S/C10H19NO/c1-5-12-9-7-6-8(9)11-10(2,3)4/h9H,5-7H2,1-4H3.